The summed E-state index contributed by atoms with van der Waals surface area (Å²) in [6, 6.07) is 0. The van der Waals surface area contributed by atoms with Gasteiger partial charge in [0.05, 0.1) is 0 Å². The van der Waals surface area contributed by atoms with E-state index in [-0.39, 0.29) is 0 Å². The number of hydrogen-bond acceptors (Lipinski definition) is 1. The molecule has 0 bridgehead atoms. The topological polar surface area (TPSA) is 3.24 Å². The van der Waals surface area contributed by atoms with Gasteiger partial charge < -0.3 is 4.90 Å². The Labute approximate surface area is 88.5 Å². The van der Waals surface area contributed by atoms with Gasteiger partial charge in [-0.05, 0) is 31.3 Å². The molecule has 0 heterocycles. The highest BCUT2D eigenvalue weighted by Gasteiger charge is 2.12. The average Bonchev–Trinajstić information content (AvgIpc) is 2.00. The van der Waals surface area contributed by atoms with E-state index >= 15 is 0 Å². The molecule has 0 aliphatic heterocycles. The summed E-state index contributed by atoms with van der Waals surface area (Å²) >= 11 is 5.74. The Balaban J connectivity index is 3.68. The van der Waals surface area contributed by atoms with Crippen LogP contribution < -0.4 is 0 Å². The molecule has 0 radical (unpaired) electrons. The van der Waals surface area contributed by atoms with Gasteiger partial charge in [-0.1, -0.05) is 27.7 Å². The van der Waals surface area contributed by atoms with Gasteiger partial charge in [-0.2, -0.15) is 0 Å². The minimum absolute atomic E-state index is 0.443. The molecule has 0 aliphatic rings. The molecular formula is C11H24ClN. The van der Waals surface area contributed by atoms with Crippen molar-refractivity contribution in [1.29, 1.82) is 0 Å². The average molecular weight is 206 g/mol. The van der Waals surface area contributed by atoms with Crippen LogP contribution in [0.2, 0.25) is 0 Å². The molecule has 2 heteroatoms. The molecule has 0 unspecified atom stereocenters. The van der Waals surface area contributed by atoms with E-state index in [1.807, 2.05) is 0 Å². The van der Waals surface area contributed by atoms with Crippen LogP contribution in [0.3, 0.4) is 0 Å². The summed E-state index contributed by atoms with van der Waals surface area (Å²) in [5.41, 5.74) is 0.443. The maximum absolute atomic E-state index is 5.74. The lowest BCUT2D eigenvalue weighted by Gasteiger charge is -2.25. The molecule has 80 valence electrons. The van der Waals surface area contributed by atoms with E-state index in [4.69, 9.17) is 11.6 Å². The van der Waals surface area contributed by atoms with Crippen molar-refractivity contribution < 1.29 is 0 Å². The maximum atomic E-state index is 5.74. The van der Waals surface area contributed by atoms with Crippen LogP contribution in [-0.4, -0.2) is 30.4 Å². The Morgan fingerprint density at radius 3 is 2.08 bits per heavy atom. The van der Waals surface area contributed by atoms with Gasteiger partial charge in [0.1, 0.15) is 0 Å². The first-order valence-corrected chi connectivity index (χ1v) is 5.81. The van der Waals surface area contributed by atoms with Gasteiger partial charge >= 0.3 is 0 Å². The van der Waals surface area contributed by atoms with Crippen molar-refractivity contribution in [2.45, 2.75) is 40.5 Å². The van der Waals surface area contributed by atoms with E-state index in [2.05, 4.69) is 32.6 Å². The predicted molar refractivity (Wildman–Crippen MR) is 61.5 cm³/mol. The molecule has 0 aromatic carbocycles. The maximum Gasteiger partial charge on any atom is 0.0351 e. The van der Waals surface area contributed by atoms with Gasteiger partial charge in [0.2, 0.25) is 0 Å². The normalized spacial score (nSPS) is 12.5. The van der Waals surface area contributed by atoms with Crippen LogP contribution in [0.4, 0.5) is 0 Å². The summed E-state index contributed by atoms with van der Waals surface area (Å²) in [5.74, 6) is 0.754. The van der Waals surface area contributed by atoms with Crippen molar-refractivity contribution in [1.82, 2.24) is 4.90 Å². The Morgan fingerprint density at radius 1 is 1.08 bits per heavy atom. The molecule has 0 aromatic rings. The highest BCUT2D eigenvalue weighted by atomic mass is 35.5. The SMILES string of the molecule is CCCN(CCCl)CCC(C)(C)C. The van der Waals surface area contributed by atoms with Crippen LogP contribution in [0.15, 0.2) is 0 Å². The molecule has 0 fully saturated rings. The zero-order valence-corrected chi connectivity index (χ0v) is 10.3. The van der Waals surface area contributed by atoms with Crippen molar-refractivity contribution >= 4 is 11.6 Å². The molecule has 0 aromatic heterocycles. The minimum atomic E-state index is 0.443. The molecule has 0 aliphatic carbocycles. The Bertz CT molecular complexity index is 112. The fourth-order valence-electron chi connectivity index (χ4n) is 1.26. The minimum Gasteiger partial charge on any atom is -0.302 e. The zero-order chi connectivity index (χ0) is 10.3. The molecular weight excluding hydrogens is 182 g/mol. The quantitative estimate of drug-likeness (QED) is 0.601. The molecule has 0 N–H and O–H groups in total. The van der Waals surface area contributed by atoms with E-state index in [9.17, 15) is 0 Å². The van der Waals surface area contributed by atoms with Crippen LogP contribution in [0, 0.1) is 5.41 Å². The molecule has 0 atom stereocenters. The number of rotatable bonds is 6. The zero-order valence-electron chi connectivity index (χ0n) is 9.57. The van der Waals surface area contributed by atoms with Gasteiger partial charge in [-0.15, -0.1) is 11.6 Å². The Hall–Kier alpha value is 0.250. The predicted octanol–water partition coefficient (Wildman–Crippen LogP) is 3.37. The summed E-state index contributed by atoms with van der Waals surface area (Å²) in [5, 5.41) is 0. The molecule has 0 saturated heterocycles. The van der Waals surface area contributed by atoms with Gasteiger partial charge in [0, 0.05) is 12.4 Å². The third kappa shape index (κ3) is 8.58. The summed E-state index contributed by atoms with van der Waals surface area (Å²) in [4.78, 5) is 2.46. The number of alkyl halides is 1. The summed E-state index contributed by atoms with van der Waals surface area (Å²) in [7, 11) is 0. The highest BCUT2D eigenvalue weighted by molar-refractivity contribution is 6.18. The molecule has 1 nitrogen and oxygen atoms in total. The van der Waals surface area contributed by atoms with Crippen molar-refractivity contribution in [2.75, 3.05) is 25.5 Å². The second-order valence-electron chi connectivity index (χ2n) is 4.84. The third-order valence-corrected chi connectivity index (χ3v) is 2.29. The number of nitrogens with zero attached hydrogens (tertiary/aromatic N) is 1. The van der Waals surface area contributed by atoms with Crippen molar-refractivity contribution in [3.63, 3.8) is 0 Å². The van der Waals surface area contributed by atoms with E-state index in [0.29, 0.717) is 5.41 Å². The van der Waals surface area contributed by atoms with Crippen LogP contribution in [0.25, 0.3) is 0 Å². The van der Waals surface area contributed by atoms with Crippen LogP contribution >= 0.6 is 11.6 Å². The first-order valence-electron chi connectivity index (χ1n) is 5.28. The number of hydrogen-bond donors (Lipinski definition) is 0. The Morgan fingerprint density at radius 2 is 1.69 bits per heavy atom. The fraction of sp³-hybridized carbons (Fsp3) is 1.00. The summed E-state index contributed by atoms with van der Waals surface area (Å²) in [6.07, 6.45) is 2.48. The standard InChI is InChI=1S/C11H24ClN/c1-5-8-13(10-7-12)9-6-11(2,3)4/h5-10H2,1-4H3. The van der Waals surface area contributed by atoms with E-state index in [1.54, 1.807) is 0 Å². The second kappa shape index (κ2) is 6.67. The smallest absolute Gasteiger partial charge is 0.0351 e. The molecule has 0 spiro atoms. The van der Waals surface area contributed by atoms with Gasteiger partial charge in [0.25, 0.3) is 0 Å². The fourth-order valence-corrected chi connectivity index (χ4v) is 1.50. The molecule has 0 saturated carbocycles. The van der Waals surface area contributed by atoms with Crippen LogP contribution in [0.1, 0.15) is 40.5 Å². The summed E-state index contributed by atoms with van der Waals surface area (Å²) in [6.45, 7) is 12.5. The largest absolute Gasteiger partial charge is 0.302 e. The highest BCUT2D eigenvalue weighted by Crippen LogP contribution is 2.18. The summed E-state index contributed by atoms with van der Waals surface area (Å²) < 4.78 is 0. The van der Waals surface area contributed by atoms with Crippen LogP contribution in [0.5, 0.6) is 0 Å². The number of halogens is 1. The van der Waals surface area contributed by atoms with Crippen molar-refractivity contribution in [2.24, 2.45) is 5.41 Å². The van der Waals surface area contributed by atoms with Gasteiger partial charge in [0.15, 0.2) is 0 Å². The van der Waals surface area contributed by atoms with E-state index in [1.165, 1.54) is 25.9 Å². The van der Waals surface area contributed by atoms with E-state index < -0.39 is 0 Å². The first-order chi connectivity index (χ1) is 5.99. The molecule has 0 amide bonds. The third-order valence-electron chi connectivity index (χ3n) is 2.12. The lowest BCUT2D eigenvalue weighted by molar-refractivity contribution is 0.238. The van der Waals surface area contributed by atoms with Crippen LogP contribution in [-0.2, 0) is 0 Å². The second-order valence-corrected chi connectivity index (χ2v) is 5.22. The molecule has 0 rings (SSSR count). The first kappa shape index (κ1) is 13.2. The lowest BCUT2D eigenvalue weighted by Crippen LogP contribution is -2.30. The molecule has 13 heavy (non-hydrogen) atoms. The van der Waals surface area contributed by atoms with Crippen molar-refractivity contribution in [3.8, 4) is 0 Å². The lowest BCUT2D eigenvalue weighted by atomic mass is 9.92. The monoisotopic (exact) mass is 205 g/mol. The van der Waals surface area contributed by atoms with Gasteiger partial charge in [-0.3, -0.25) is 0 Å². The Kier molecular flexibility index (Phi) is 6.79. The van der Waals surface area contributed by atoms with Gasteiger partial charge in [-0.25, -0.2) is 0 Å². The van der Waals surface area contributed by atoms with Crippen molar-refractivity contribution in [3.05, 3.63) is 0 Å². The van der Waals surface area contributed by atoms with E-state index in [0.717, 1.165) is 12.4 Å².